The SMILES string of the molecule is CNC(=O)OCCc1ccc(Cl)c(CN(C(=O)[C@H]2CNCC(=O)N2c2ccc(OCCOc3c(Cl)cc(C)cc3Cl)cc2)C2CC2)c1. The summed E-state index contributed by atoms with van der Waals surface area (Å²) < 4.78 is 16.7. The summed E-state index contributed by atoms with van der Waals surface area (Å²) >= 11 is 19.1. The Morgan fingerprint density at radius 2 is 1.66 bits per heavy atom. The van der Waals surface area contributed by atoms with E-state index in [1.807, 2.05) is 24.0 Å². The molecule has 10 nitrogen and oxygen atoms in total. The number of piperazine rings is 1. The Balaban J connectivity index is 1.23. The highest BCUT2D eigenvalue weighted by molar-refractivity contribution is 6.37. The molecule has 2 fully saturated rings. The molecular weight excluding hydrogens is 667 g/mol. The van der Waals surface area contributed by atoms with E-state index in [2.05, 4.69) is 10.6 Å². The monoisotopic (exact) mass is 702 g/mol. The molecule has 5 rings (SSSR count). The molecule has 1 saturated carbocycles. The smallest absolute Gasteiger partial charge is 0.406 e. The number of aryl methyl sites for hydroxylation is 1. The number of halogens is 3. The number of carbonyl (C=O) groups excluding carboxylic acids is 3. The molecule has 3 aromatic rings. The second-order valence-electron chi connectivity index (χ2n) is 11.4. The van der Waals surface area contributed by atoms with E-state index in [9.17, 15) is 14.4 Å². The van der Waals surface area contributed by atoms with Gasteiger partial charge in [-0.05, 0) is 78.9 Å². The Hall–Kier alpha value is -3.70. The molecule has 47 heavy (non-hydrogen) atoms. The summed E-state index contributed by atoms with van der Waals surface area (Å²) in [6, 6.07) is 15.6. The summed E-state index contributed by atoms with van der Waals surface area (Å²) in [5.74, 6) is 0.644. The van der Waals surface area contributed by atoms with E-state index in [0.29, 0.717) is 51.8 Å². The van der Waals surface area contributed by atoms with Gasteiger partial charge in [-0.2, -0.15) is 0 Å². The molecule has 1 heterocycles. The van der Waals surface area contributed by atoms with E-state index in [1.165, 1.54) is 7.05 Å². The fourth-order valence-corrected chi connectivity index (χ4v) is 6.29. The van der Waals surface area contributed by atoms with Gasteiger partial charge in [0.05, 0.1) is 23.2 Å². The lowest BCUT2D eigenvalue weighted by atomic mass is 10.1. The van der Waals surface area contributed by atoms with Crippen molar-refractivity contribution in [2.75, 3.05) is 44.9 Å². The van der Waals surface area contributed by atoms with Crippen molar-refractivity contribution in [3.8, 4) is 11.5 Å². The molecule has 0 spiro atoms. The molecule has 0 unspecified atom stereocenters. The van der Waals surface area contributed by atoms with Crippen LogP contribution >= 0.6 is 34.8 Å². The topological polar surface area (TPSA) is 109 Å². The highest BCUT2D eigenvalue weighted by Gasteiger charge is 2.41. The predicted molar refractivity (Wildman–Crippen MR) is 182 cm³/mol. The van der Waals surface area contributed by atoms with Crippen LogP contribution in [-0.2, 0) is 27.3 Å². The van der Waals surface area contributed by atoms with Gasteiger partial charge in [-0.15, -0.1) is 0 Å². The number of nitrogens with zero attached hydrogens (tertiary/aromatic N) is 2. The Bertz CT molecular complexity index is 1580. The first-order chi connectivity index (χ1) is 22.6. The number of carbonyl (C=O) groups is 3. The van der Waals surface area contributed by atoms with Crippen molar-refractivity contribution >= 4 is 58.4 Å². The third-order valence-corrected chi connectivity index (χ3v) is 8.82. The molecule has 3 aromatic carbocycles. The second kappa shape index (κ2) is 15.9. The van der Waals surface area contributed by atoms with Crippen LogP contribution in [0.15, 0.2) is 54.6 Å². The quantitative estimate of drug-likeness (QED) is 0.217. The zero-order valence-electron chi connectivity index (χ0n) is 26.2. The fourth-order valence-electron chi connectivity index (χ4n) is 5.41. The van der Waals surface area contributed by atoms with Gasteiger partial charge in [0, 0.05) is 43.3 Å². The Morgan fingerprint density at radius 1 is 0.957 bits per heavy atom. The van der Waals surface area contributed by atoms with E-state index in [4.69, 9.17) is 49.0 Å². The zero-order chi connectivity index (χ0) is 33.5. The molecular formula is C34H37Cl3N4O6. The number of alkyl carbamates (subject to hydrolysis) is 1. The summed E-state index contributed by atoms with van der Waals surface area (Å²) in [5, 5.41) is 6.94. The lowest BCUT2D eigenvalue weighted by Crippen LogP contribution is -2.61. The first-order valence-corrected chi connectivity index (χ1v) is 16.5. The highest BCUT2D eigenvalue weighted by Crippen LogP contribution is 2.35. The van der Waals surface area contributed by atoms with Gasteiger partial charge >= 0.3 is 6.09 Å². The van der Waals surface area contributed by atoms with Gasteiger partial charge in [0.2, 0.25) is 11.8 Å². The summed E-state index contributed by atoms with van der Waals surface area (Å²) in [5.41, 5.74) is 3.27. The number of ether oxygens (including phenoxy) is 3. The van der Waals surface area contributed by atoms with Crippen LogP contribution in [0.3, 0.4) is 0 Å². The maximum Gasteiger partial charge on any atom is 0.406 e. The normalized spacial score (nSPS) is 16.1. The Labute approximate surface area is 289 Å². The third-order valence-electron chi connectivity index (χ3n) is 7.88. The van der Waals surface area contributed by atoms with Crippen molar-refractivity contribution in [1.29, 1.82) is 0 Å². The van der Waals surface area contributed by atoms with Crippen LogP contribution in [-0.4, -0.2) is 74.8 Å². The van der Waals surface area contributed by atoms with E-state index >= 15 is 0 Å². The molecule has 3 amide bonds. The average Bonchev–Trinajstić information content (AvgIpc) is 3.89. The summed E-state index contributed by atoms with van der Waals surface area (Å²) in [6.45, 7) is 3.33. The molecule has 1 atom stereocenters. The molecule has 0 aromatic heterocycles. The molecule has 2 aliphatic rings. The van der Waals surface area contributed by atoms with Crippen molar-refractivity contribution in [3.05, 3.63) is 86.4 Å². The third kappa shape index (κ3) is 9.01. The largest absolute Gasteiger partial charge is 0.490 e. The van der Waals surface area contributed by atoms with Gasteiger partial charge in [-0.25, -0.2) is 4.79 Å². The second-order valence-corrected chi connectivity index (χ2v) is 12.6. The van der Waals surface area contributed by atoms with Crippen molar-refractivity contribution in [3.63, 3.8) is 0 Å². The van der Waals surface area contributed by atoms with Gasteiger partial charge in [-0.1, -0.05) is 46.9 Å². The minimum atomic E-state index is -0.732. The number of hydrogen-bond acceptors (Lipinski definition) is 7. The highest BCUT2D eigenvalue weighted by atomic mass is 35.5. The van der Waals surface area contributed by atoms with E-state index in [0.717, 1.165) is 29.5 Å². The maximum atomic E-state index is 14.1. The Kier molecular flexibility index (Phi) is 11.7. The lowest BCUT2D eigenvalue weighted by Gasteiger charge is -2.38. The molecule has 1 aliphatic carbocycles. The number of amides is 3. The van der Waals surface area contributed by atoms with E-state index in [1.54, 1.807) is 47.4 Å². The van der Waals surface area contributed by atoms with Crippen LogP contribution in [0.1, 0.15) is 29.5 Å². The van der Waals surface area contributed by atoms with Gasteiger partial charge < -0.3 is 29.7 Å². The number of rotatable bonds is 13. The van der Waals surface area contributed by atoms with Crippen LogP contribution in [0.2, 0.25) is 15.1 Å². The molecule has 1 saturated heterocycles. The van der Waals surface area contributed by atoms with Gasteiger partial charge in [-0.3, -0.25) is 14.5 Å². The van der Waals surface area contributed by atoms with Crippen molar-refractivity contribution in [1.82, 2.24) is 15.5 Å². The standard InChI is InChI=1S/C34H37Cl3N4O6/c1-21-15-28(36)32(29(37)16-21)46-14-13-45-26-8-6-25(7-9-26)41-30(18-39-19-31(41)42)33(43)40(24-4-5-24)20-23-17-22(3-10-27(23)35)11-12-47-34(44)38-2/h3,6-10,15-17,24,30,39H,4-5,11-14,18-20H2,1-2H3,(H,38,44)/t30-/m1/s1. The summed E-state index contributed by atoms with van der Waals surface area (Å²) in [6.07, 6.45) is 1.78. The van der Waals surface area contributed by atoms with E-state index in [-0.39, 0.29) is 44.2 Å². The van der Waals surface area contributed by atoms with Gasteiger partial charge in [0.25, 0.3) is 0 Å². The number of hydrogen-bond donors (Lipinski definition) is 2. The van der Waals surface area contributed by atoms with Crippen LogP contribution in [0.4, 0.5) is 10.5 Å². The summed E-state index contributed by atoms with van der Waals surface area (Å²) in [4.78, 5) is 42.2. The minimum absolute atomic E-state index is 0.0698. The lowest BCUT2D eigenvalue weighted by molar-refractivity contribution is -0.136. The average molecular weight is 704 g/mol. The van der Waals surface area contributed by atoms with E-state index < -0.39 is 12.1 Å². The predicted octanol–water partition coefficient (Wildman–Crippen LogP) is 5.81. The first kappa shape index (κ1) is 34.6. The van der Waals surface area contributed by atoms with Crippen LogP contribution in [0.25, 0.3) is 0 Å². The number of benzene rings is 3. The maximum absolute atomic E-state index is 14.1. The minimum Gasteiger partial charge on any atom is -0.490 e. The number of nitrogens with one attached hydrogen (secondary N) is 2. The molecule has 250 valence electrons. The van der Waals surface area contributed by atoms with Crippen molar-refractivity contribution in [2.45, 2.75) is 44.8 Å². The molecule has 13 heteroatoms. The number of anilines is 1. The van der Waals surface area contributed by atoms with Gasteiger partial charge in [0.15, 0.2) is 5.75 Å². The molecule has 0 radical (unpaired) electrons. The van der Waals surface area contributed by atoms with Gasteiger partial charge in [0.1, 0.15) is 25.0 Å². The fraction of sp³-hybridized carbons (Fsp3) is 0.382. The molecule has 0 bridgehead atoms. The van der Waals surface area contributed by atoms with Crippen LogP contribution in [0.5, 0.6) is 11.5 Å². The molecule has 2 N–H and O–H groups in total. The van der Waals surface area contributed by atoms with Crippen LogP contribution < -0.4 is 25.0 Å². The van der Waals surface area contributed by atoms with Crippen molar-refractivity contribution in [2.24, 2.45) is 0 Å². The first-order valence-electron chi connectivity index (χ1n) is 15.4. The van der Waals surface area contributed by atoms with Crippen molar-refractivity contribution < 1.29 is 28.6 Å². The zero-order valence-corrected chi connectivity index (χ0v) is 28.5. The van der Waals surface area contributed by atoms with Crippen LogP contribution in [0, 0.1) is 6.92 Å². The summed E-state index contributed by atoms with van der Waals surface area (Å²) in [7, 11) is 1.51. The Morgan fingerprint density at radius 3 is 2.34 bits per heavy atom. The molecule has 1 aliphatic heterocycles.